The Labute approximate surface area is 185 Å². The van der Waals surface area contributed by atoms with E-state index in [1.807, 2.05) is 24.3 Å². The maximum absolute atomic E-state index is 12.1. The van der Waals surface area contributed by atoms with E-state index in [9.17, 15) is 9.59 Å². The number of halogens is 1. The van der Waals surface area contributed by atoms with Gasteiger partial charge in [-0.3, -0.25) is 9.59 Å². The molecule has 0 bridgehead atoms. The molecule has 2 rings (SSSR count). The lowest BCUT2D eigenvalue weighted by molar-refractivity contribution is -0.124. The van der Waals surface area contributed by atoms with E-state index in [1.165, 1.54) is 13.3 Å². The molecule has 160 valence electrons. The molecule has 0 fully saturated rings. The largest absolute Gasteiger partial charge is 0.495 e. The molecule has 0 atom stereocenters. The Morgan fingerprint density at radius 3 is 2.63 bits per heavy atom. The SMILES string of the molecule is CCCCOc1ccc(Br)cc1C=NNC(=O)CCC(=O)Nc1ccccc1OC. The minimum absolute atomic E-state index is 0.0106. The van der Waals surface area contributed by atoms with Crippen molar-refractivity contribution in [1.82, 2.24) is 5.43 Å². The third-order valence-electron chi connectivity index (χ3n) is 4.08. The van der Waals surface area contributed by atoms with Crippen molar-refractivity contribution in [1.29, 1.82) is 0 Å². The van der Waals surface area contributed by atoms with Crippen molar-refractivity contribution in [2.24, 2.45) is 5.10 Å². The van der Waals surface area contributed by atoms with Gasteiger partial charge in [0.1, 0.15) is 11.5 Å². The number of nitrogens with one attached hydrogen (secondary N) is 2. The summed E-state index contributed by atoms with van der Waals surface area (Å²) in [6.07, 6.45) is 3.57. The van der Waals surface area contributed by atoms with Crippen LogP contribution in [0, 0.1) is 0 Å². The maximum Gasteiger partial charge on any atom is 0.240 e. The number of ether oxygens (including phenoxy) is 2. The van der Waals surface area contributed by atoms with Gasteiger partial charge in [0.2, 0.25) is 11.8 Å². The summed E-state index contributed by atoms with van der Waals surface area (Å²) in [5.74, 6) is 0.619. The second-order valence-electron chi connectivity index (χ2n) is 6.43. The molecule has 8 heteroatoms. The fraction of sp³-hybridized carbons (Fsp3) is 0.318. The van der Waals surface area contributed by atoms with Gasteiger partial charge in [-0.25, -0.2) is 5.43 Å². The summed E-state index contributed by atoms with van der Waals surface area (Å²) in [4.78, 5) is 24.1. The first-order valence-electron chi connectivity index (χ1n) is 9.70. The predicted molar refractivity (Wildman–Crippen MR) is 121 cm³/mol. The van der Waals surface area contributed by atoms with Crippen molar-refractivity contribution in [3.05, 3.63) is 52.5 Å². The Morgan fingerprint density at radius 2 is 1.87 bits per heavy atom. The number of methoxy groups -OCH3 is 1. The van der Waals surface area contributed by atoms with E-state index in [0.29, 0.717) is 23.8 Å². The number of hydrogen-bond acceptors (Lipinski definition) is 5. The van der Waals surface area contributed by atoms with E-state index in [-0.39, 0.29) is 24.7 Å². The van der Waals surface area contributed by atoms with E-state index in [1.54, 1.807) is 18.2 Å². The van der Waals surface area contributed by atoms with Crippen molar-refractivity contribution < 1.29 is 19.1 Å². The van der Waals surface area contributed by atoms with Crippen LogP contribution in [0.25, 0.3) is 0 Å². The number of hydrogen-bond donors (Lipinski definition) is 2. The lowest BCUT2D eigenvalue weighted by atomic mass is 10.2. The maximum atomic E-state index is 12.1. The van der Waals surface area contributed by atoms with Gasteiger partial charge in [0.15, 0.2) is 0 Å². The number of para-hydroxylation sites is 2. The van der Waals surface area contributed by atoms with Gasteiger partial charge in [0.25, 0.3) is 0 Å². The molecular weight excluding hydrogens is 450 g/mol. The highest BCUT2D eigenvalue weighted by Gasteiger charge is 2.09. The molecule has 0 saturated heterocycles. The first-order valence-corrected chi connectivity index (χ1v) is 10.5. The normalized spacial score (nSPS) is 10.6. The van der Waals surface area contributed by atoms with Crippen LogP contribution in [0.5, 0.6) is 11.5 Å². The van der Waals surface area contributed by atoms with Crippen LogP contribution in [0.4, 0.5) is 5.69 Å². The highest BCUT2D eigenvalue weighted by atomic mass is 79.9. The number of nitrogens with zero attached hydrogens (tertiary/aromatic N) is 1. The monoisotopic (exact) mass is 475 g/mol. The molecule has 0 aromatic heterocycles. The number of unbranched alkanes of at least 4 members (excludes halogenated alkanes) is 1. The first-order chi connectivity index (χ1) is 14.5. The highest BCUT2D eigenvalue weighted by molar-refractivity contribution is 9.10. The summed E-state index contributed by atoms with van der Waals surface area (Å²) < 4.78 is 11.8. The fourth-order valence-corrected chi connectivity index (χ4v) is 2.87. The molecule has 0 spiro atoms. The van der Waals surface area contributed by atoms with Crippen LogP contribution in [0.15, 0.2) is 52.0 Å². The van der Waals surface area contributed by atoms with Crippen LogP contribution in [-0.4, -0.2) is 31.7 Å². The molecule has 0 radical (unpaired) electrons. The number of hydrazone groups is 1. The molecule has 0 aliphatic rings. The average Bonchev–Trinajstić information content (AvgIpc) is 2.74. The molecule has 2 amide bonds. The zero-order chi connectivity index (χ0) is 21.8. The van der Waals surface area contributed by atoms with E-state index in [4.69, 9.17) is 9.47 Å². The van der Waals surface area contributed by atoms with Crippen molar-refractivity contribution in [2.75, 3.05) is 19.0 Å². The van der Waals surface area contributed by atoms with Crippen LogP contribution in [0.2, 0.25) is 0 Å². The molecule has 0 heterocycles. The molecule has 0 unspecified atom stereocenters. The van der Waals surface area contributed by atoms with Crippen LogP contribution in [-0.2, 0) is 9.59 Å². The van der Waals surface area contributed by atoms with Crippen LogP contribution in [0.1, 0.15) is 38.2 Å². The number of rotatable bonds is 11. The zero-order valence-electron chi connectivity index (χ0n) is 17.1. The van der Waals surface area contributed by atoms with Gasteiger partial charge >= 0.3 is 0 Å². The quantitative estimate of drug-likeness (QED) is 0.284. The van der Waals surface area contributed by atoms with Crippen molar-refractivity contribution in [3.8, 4) is 11.5 Å². The summed E-state index contributed by atoms with van der Waals surface area (Å²) >= 11 is 3.42. The third kappa shape index (κ3) is 7.87. The Kier molecular flexibility index (Phi) is 9.86. The zero-order valence-corrected chi connectivity index (χ0v) is 18.7. The van der Waals surface area contributed by atoms with Gasteiger partial charge in [-0.2, -0.15) is 5.10 Å². The standard InChI is InChI=1S/C22H26BrN3O4/c1-3-4-13-30-19-10-9-17(23)14-16(19)15-24-26-22(28)12-11-21(27)25-18-7-5-6-8-20(18)29-2/h5-10,14-15H,3-4,11-13H2,1-2H3,(H,25,27)(H,26,28). The number of benzene rings is 2. The molecule has 2 aromatic rings. The second-order valence-corrected chi connectivity index (χ2v) is 7.34. The number of amides is 2. The van der Waals surface area contributed by atoms with E-state index in [2.05, 4.69) is 38.7 Å². The smallest absolute Gasteiger partial charge is 0.240 e. The fourth-order valence-electron chi connectivity index (χ4n) is 2.50. The number of carbonyl (C=O) groups excluding carboxylic acids is 2. The van der Waals surface area contributed by atoms with Crippen LogP contribution < -0.4 is 20.2 Å². The molecular formula is C22H26BrN3O4. The van der Waals surface area contributed by atoms with Crippen LogP contribution in [0.3, 0.4) is 0 Å². The Morgan fingerprint density at radius 1 is 1.10 bits per heavy atom. The summed E-state index contributed by atoms with van der Waals surface area (Å²) in [6.45, 7) is 2.71. The van der Waals surface area contributed by atoms with E-state index < -0.39 is 0 Å². The molecule has 0 aliphatic heterocycles. The highest BCUT2D eigenvalue weighted by Crippen LogP contribution is 2.23. The molecule has 0 saturated carbocycles. The van der Waals surface area contributed by atoms with Crippen molar-refractivity contribution in [3.63, 3.8) is 0 Å². The lowest BCUT2D eigenvalue weighted by Gasteiger charge is -2.09. The van der Waals surface area contributed by atoms with Gasteiger partial charge < -0.3 is 14.8 Å². The Balaban J connectivity index is 1.83. The summed E-state index contributed by atoms with van der Waals surface area (Å²) in [5, 5.41) is 6.72. The van der Waals surface area contributed by atoms with E-state index >= 15 is 0 Å². The summed E-state index contributed by atoms with van der Waals surface area (Å²) in [6, 6.07) is 12.7. The van der Waals surface area contributed by atoms with Crippen molar-refractivity contribution in [2.45, 2.75) is 32.6 Å². The lowest BCUT2D eigenvalue weighted by Crippen LogP contribution is -2.20. The Bertz CT molecular complexity index is 886. The summed E-state index contributed by atoms with van der Waals surface area (Å²) in [7, 11) is 1.53. The van der Waals surface area contributed by atoms with Crippen molar-refractivity contribution >= 4 is 39.6 Å². The van der Waals surface area contributed by atoms with Gasteiger partial charge in [0, 0.05) is 22.9 Å². The number of anilines is 1. The molecule has 0 aliphatic carbocycles. The van der Waals surface area contributed by atoms with Gasteiger partial charge in [-0.1, -0.05) is 41.4 Å². The molecule has 2 aromatic carbocycles. The summed E-state index contributed by atoms with van der Waals surface area (Å²) in [5.41, 5.74) is 3.75. The van der Waals surface area contributed by atoms with Gasteiger partial charge in [-0.05, 0) is 36.8 Å². The Hall–Kier alpha value is -2.87. The predicted octanol–water partition coefficient (Wildman–Crippen LogP) is 4.51. The van der Waals surface area contributed by atoms with Crippen LogP contribution >= 0.6 is 15.9 Å². The topological polar surface area (TPSA) is 89.0 Å². The minimum atomic E-state index is -0.357. The average molecular weight is 476 g/mol. The second kappa shape index (κ2) is 12.6. The molecule has 2 N–H and O–H groups in total. The van der Waals surface area contributed by atoms with E-state index in [0.717, 1.165) is 22.9 Å². The minimum Gasteiger partial charge on any atom is -0.495 e. The van der Waals surface area contributed by atoms with Gasteiger partial charge in [-0.15, -0.1) is 0 Å². The molecule has 30 heavy (non-hydrogen) atoms. The first kappa shape index (κ1) is 23.4. The molecule has 7 nitrogen and oxygen atoms in total. The van der Waals surface area contributed by atoms with Gasteiger partial charge in [0.05, 0.1) is 25.6 Å². The number of carbonyl (C=O) groups is 2. The third-order valence-corrected chi connectivity index (χ3v) is 4.57.